The second-order valence-electron chi connectivity index (χ2n) is 6.33. The molecule has 0 radical (unpaired) electrons. The van der Waals surface area contributed by atoms with E-state index in [1.807, 2.05) is 44.2 Å². The van der Waals surface area contributed by atoms with Gasteiger partial charge in [-0.25, -0.2) is 0 Å². The molecule has 7 heteroatoms. The predicted octanol–water partition coefficient (Wildman–Crippen LogP) is 1.43. The Morgan fingerprint density at radius 2 is 2.04 bits per heavy atom. The number of hydrogen-bond acceptors (Lipinski definition) is 5. The first-order chi connectivity index (χ1) is 10.9. The molecule has 1 aromatic heterocycles. The number of nitrogens with zero attached hydrogens (tertiary/aromatic N) is 4. The summed E-state index contributed by atoms with van der Waals surface area (Å²) in [5.41, 5.74) is 0.699. The fourth-order valence-electron chi connectivity index (χ4n) is 2.06. The van der Waals surface area contributed by atoms with E-state index < -0.39 is 6.04 Å². The van der Waals surface area contributed by atoms with Gasteiger partial charge in [0, 0.05) is 18.7 Å². The number of aliphatic hydroxyl groups excluding tert-OH is 1. The highest BCUT2D eigenvalue weighted by Crippen LogP contribution is 2.18. The van der Waals surface area contributed by atoms with Crippen LogP contribution in [0.2, 0.25) is 0 Å². The molecule has 0 aliphatic carbocycles. The molecule has 1 heterocycles. The van der Waals surface area contributed by atoms with Crippen molar-refractivity contribution in [1.82, 2.24) is 25.5 Å². The highest BCUT2D eigenvalue weighted by atomic mass is 16.3. The van der Waals surface area contributed by atoms with E-state index in [0.29, 0.717) is 18.8 Å². The monoisotopic (exact) mass is 317 g/mol. The number of amides is 1. The number of aliphatic hydroxyl groups is 1. The van der Waals surface area contributed by atoms with Gasteiger partial charge in [0.25, 0.3) is 0 Å². The van der Waals surface area contributed by atoms with Gasteiger partial charge < -0.3 is 10.4 Å². The molecule has 0 saturated heterocycles. The van der Waals surface area contributed by atoms with Gasteiger partial charge in [0.1, 0.15) is 6.04 Å². The third-order valence-electron chi connectivity index (χ3n) is 3.72. The van der Waals surface area contributed by atoms with Gasteiger partial charge in [-0.3, -0.25) is 4.79 Å². The Kier molecular flexibility index (Phi) is 5.44. The van der Waals surface area contributed by atoms with Crippen molar-refractivity contribution in [2.45, 2.75) is 33.2 Å². The topological polar surface area (TPSA) is 92.9 Å². The smallest absolute Gasteiger partial charge is 0.246 e. The minimum atomic E-state index is -0.551. The summed E-state index contributed by atoms with van der Waals surface area (Å²) in [6.07, 6.45) is 0.626. The summed E-state index contributed by atoms with van der Waals surface area (Å²) in [4.78, 5) is 13.6. The average Bonchev–Trinajstić information content (AvgIpc) is 3.02. The van der Waals surface area contributed by atoms with Crippen LogP contribution >= 0.6 is 0 Å². The van der Waals surface area contributed by atoms with E-state index in [4.69, 9.17) is 5.11 Å². The predicted molar refractivity (Wildman–Crippen MR) is 86.5 cm³/mol. The lowest BCUT2D eigenvalue weighted by molar-refractivity contribution is -0.125. The molecule has 0 aliphatic heterocycles. The summed E-state index contributed by atoms with van der Waals surface area (Å²) in [5, 5.41) is 24.1. The van der Waals surface area contributed by atoms with Crippen LogP contribution in [-0.2, 0) is 4.79 Å². The van der Waals surface area contributed by atoms with E-state index in [1.54, 1.807) is 6.92 Å². The van der Waals surface area contributed by atoms with Crippen molar-refractivity contribution in [3.63, 3.8) is 0 Å². The third-order valence-corrected chi connectivity index (χ3v) is 3.72. The molecule has 0 aliphatic rings. The Morgan fingerprint density at radius 3 is 2.70 bits per heavy atom. The van der Waals surface area contributed by atoms with Gasteiger partial charge in [0.05, 0.1) is 0 Å². The van der Waals surface area contributed by atoms with Crippen LogP contribution in [0.15, 0.2) is 30.3 Å². The van der Waals surface area contributed by atoms with E-state index in [9.17, 15) is 4.79 Å². The zero-order valence-corrected chi connectivity index (χ0v) is 13.7. The van der Waals surface area contributed by atoms with Crippen molar-refractivity contribution in [3.05, 3.63) is 30.3 Å². The number of aromatic nitrogens is 4. The largest absolute Gasteiger partial charge is 0.396 e. The van der Waals surface area contributed by atoms with Gasteiger partial charge in [-0.2, -0.15) is 4.80 Å². The van der Waals surface area contributed by atoms with E-state index in [0.717, 1.165) is 5.56 Å². The number of carbonyl (C=O) groups excluding carboxylic acids is 1. The van der Waals surface area contributed by atoms with Crippen LogP contribution in [-0.4, -0.2) is 44.4 Å². The molecule has 23 heavy (non-hydrogen) atoms. The fraction of sp³-hybridized carbons (Fsp3) is 0.500. The van der Waals surface area contributed by atoms with Gasteiger partial charge in [-0.05, 0) is 24.0 Å². The van der Waals surface area contributed by atoms with Crippen LogP contribution in [0.3, 0.4) is 0 Å². The Morgan fingerprint density at radius 1 is 1.35 bits per heavy atom. The summed E-state index contributed by atoms with van der Waals surface area (Å²) >= 11 is 0. The molecule has 2 aromatic rings. The molecule has 0 spiro atoms. The quantitative estimate of drug-likeness (QED) is 0.806. The Bertz CT molecular complexity index is 639. The van der Waals surface area contributed by atoms with Gasteiger partial charge in [0.2, 0.25) is 11.7 Å². The molecule has 0 saturated carbocycles. The van der Waals surface area contributed by atoms with Crippen LogP contribution in [0.25, 0.3) is 11.4 Å². The average molecular weight is 317 g/mol. The van der Waals surface area contributed by atoms with E-state index >= 15 is 0 Å². The zero-order chi connectivity index (χ0) is 16.9. The molecule has 124 valence electrons. The van der Waals surface area contributed by atoms with Gasteiger partial charge in [-0.15, -0.1) is 10.2 Å². The first-order valence-electron chi connectivity index (χ1n) is 7.66. The molecule has 2 rings (SSSR count). The zero-order valence-electron chi connectivity index (χ0n) is 13.7. The van der Waals surface area contributed by atoms with Gasteiger partial charge in [-0.1, -0.05) is 44.2 Å². The van der Waals surface area contributed by atoms with Crippen molar-refractivity contribution in [3.8, 4) is 11.4 Å². The molecule has 1 unspecified atom stereocenters. The maximum Gasteiger partial charge on any atom is 0.246 e. The molecule has 0 fully saturated rings. The Hall–Kier alpha value is -2.28. The summed E-state index contributed by atoms with van der Waals surface area (Å²) in [7, 11) is 0. The van der Waals surface area contributed by atoms with Crippen molar-refractivity contribution in [1.29, 1.82) is 0 Å². The normalized spacial score (nSPS) is 12.9. The van der Waals surface area contributed by atoms with Gasteiger partial charge in [0.15, 0.2) is 0 Å². The summed E-state index contributed by atoms with van der Waals surface area (Å²) in [6, 6.07) is 8.94. The number of benzene rings is 1. The first kappa shape index (κ1) is 17.1. The second kappa shape index (κ2) is 7.32. The molecular weight excluding hydrogens is 294 g/mol. The van der Waals surface area contributed by atoms with Crippen molar-refractivity contribution >= 4 is 5.91 Å². The summed E-state index contributed by atoms with van der Waals surface area (Å²) in [5.74, 6) is 0.318. The standard InChI is InChI=1S/C16H23N5O2/c1-12(15(23)17-11-16(2,3)9-10-22)21-19-14(18-20-21)13-7-5-4-6-8-13/h4-8,12,22H,9-11H2,1-3H3,(H,17,23). The molecule has 1 aromatic carbocycles. The number of rotatable bonds is 7. The van der Waals surface area contributed by atoms with Crippen LogP contribution in [0.1, 0.15) is 33.2 Å². The van der Waals surface area contributed by atoms with E-state index in [1.165, 1.54) is 4.80 Å². The number of nitrogens with one attached hydrogen (secondary N) is 1. The minimum Gasteiger partial charge on any atom is -0.396 e. The fourth-order valence-corrected chi connectivity index (χ4v) is 2.06. The highest BCUT2D eigenvalue weighted by Gasteiger charge is 2.22. The molecule has 1 amide bonds. The maximum absolute atomic E-state index is 12.2. The van der Waals surface area contributed by atoms with Crippen LogP contribution < -0.4 is 5.32 Å². The lowest BCUT2D eigenvalue weighted by Gasteiger charge is -2.24. The van der Waals surface area contributed by atoms with Crippen LogP contribution in [0.5, 0.6) is 0 Å². The maximum atomic E-state index is 12.2. The van der Waals surface area contributed by atoms with Gasteiger partial charge >= 0.3 is 0 Å². The molecular formula is C16H23N5O2. The van der Waals surface area contributed by atoms with Crippen molar-refractivity contribution in [2.75, 3.05) is 13.2 Å². The number of carbonyl (C=O) groups is 1. The van der Waals surface area contributed by atoms with E-state index in [2.05, 4.69) is 20.7 Å². The molecule has 7 nitrogen and oxygen atoms in total. The molecule has 2 N–H and O–H groups in total. The van der Waals surface area contributed by atoms with Crippen LogP contribution in [0, 0.1) is 5.41 Å². The molecule has 1 atom stereocenters. The van der Waals surface area contributed by atoms with Crippen LogP contribution in [0.4, 0.5) is 0 Å². The van der Waals surface area contributed by atoms with Crippen molar-refractivity contribution in [2.24, 2.45) is 5.41 Å². The molecule has 0 bridgehead atoms. The van der Waals surface area contributed by atoms with Crippen molar-refractivity contribution < 1.29 is 9.90 Å². The summed E-state index contributed by atoms with van der Waals surface area (Å²) < 4.78 is 0. The van der Waals surface area contributed by atoms with E-state index in [-0.39, 0.29) is 17.9 Å². The number of tetrazole rings is 1. The number of hydrogen-bond donors (Lipinski definition) is 2. The lowest BCUT2D eigenvalue weighted by atomic mass is 9.90. The highest BCUT2D eigenvalue weighted by molar-refractivity contribution is 5.79. The Balaban J connectivity index is 1.99. The second-order valence-corrected chi connectivity index (χ2v) is 6.33. The minimum absolute atomic E-state index is 0.101. The first-order valence-corrected chi connectivity index (χ1v) is 7.66. The summed E-state index contributed by atoms with van der Waals surface area (Å²) in [6.45, 7) is 6.30. The third kappa shape index (κ3) is 4.59. The Labute approximate surface area is 135 Å². The lowest BCUT2D eigenvalue weighted by Crippen LogP contribution is -2.38. The SMILES string of the molecule is CC(C(=O)NCC(C)(C)CCO)n1nnc(-c2ccccc2)n1.